The van der Waals surface area contributed by atoms with Crippen LogP contribution in [-0.4, -0.2) is 47.7 Å². The Bertz CT molecular complexity index is 457. The van der Waals surface area contributed by atoms with Crippen molar-refractivity contribution in [3.8, 4) is 0 Å². The fourth-order valence-electron chi connectivity index (χ4n) is 1.88. The second-order valence-corrected chi connectivity index (χ2v) is 5.22. The van der Waals surface area contributed by atoms with E-state index in [0.717, 1.165) is 11.3 Å². The van der Waals surface area contributed by atoms with Crippen LogP contribution >= 0.6 is 11.3 Å². The second-order valence-electron chi connectivity index (χ2n) is 4.05. The molecule has 0 aromatic carbocycles. The number of hydrogen-bond donors (Lipinski definition) is 1. The second kappa shape index (κ2) is 5.49. The molecule has 0 spiro atoms. The van der Waals surface area contributed by atoms with Gasteiger partial charge in [0.2, 0.25) is 0 Å². The summed E-state index contributed by atoms with van der Waals surface area (Å²) >= 11 is 1.42. The molecule has 6 heteroatoms. The van der Waals surface area contributed by atoms with E-state index in [2.05, 4.69) is 0 Å². The topological polar surface area (TPSA) is 66.8 Å². The number of morpholine rings is 1. The van der Waals surface area contributed by atoms with Crippen molar-refractivity contribution in [1.29, 1.82) is 0 Å². The molecule has 0 saturated carbocycles. The number of nitrogens with zero attached hydrogens (tertiary/aromatic N) is 1. The molecule has 1 aliphatic rings. The van der Waals surface area contributed by atoms with Crippen molar-refractivity contribution in [3.05, 3.63) is 21.9 Å². The molecule has 1 fully saturated rings. The first-order valence-electron chi connectivity index (χ1n) is 5.83. The first kappa shape index (κ1) is 13.0. The maximum Gasteiger partial charge on any atom is 0.328 e. The maximum absolute atomic E-state index is 12.3. The van der Waals surface area contributed by atoms with Gasteiger partial charge in [-0.25, -0.2) is 4.79 Å². The van der Waals surface area contributed by atoms with E-state index in [9.17, 15) is 9.59 Å². The van der Waals surface area contributed by atoms with Crippen LogP contribution in [0, 0.1) is 0 Å². The SMILES string of the molecule is CCc1ccc(C(=O)N2CCOC[C@@H]2C(=O)O)s1. The van der Waals surface area contributed by atoms with Crippen molar-refractivity contribution in [3.63, 3.8) is 0 Å². The van der Waals surface area contributed by atoms with E-state index in [1.54, 1.807) is 6.07 Å². The Morgan fingerprint density at radius 3 is 2.94 bits per heavy atom. The molecule has 1 aromatic rings. The van der Waals surface area contributed by atoms with E-state index in [1.807, 2.05) is 13.0 Å². The zero-order valence-electron chi connectivity index (χ0n) is 10.1. The Balaban J connectivity index is 2.17. The van der Waals surface area contributed by atoms with E-state index < -0.39 is 12.0 Å². The number of carboxylic acids is 1. The molecule has 18 heavy (non-hydrogen) atoms. The van der Waals surface area contributed by atoms with E-state index in [-0.39, 0.29) is 12.5 Å². The summed E-state index contributed by atoms with van der Waals surface area (Å²) in [6, 6.07) is 2.80. The molecule has 1 saturated heterocycles. The largest absolute Gasteiger partial charge is 0.480 e. The van der Waals surface area contributed by atoms with Gasteiger partial charge in [0.1, 0.15) is 0 Å². The Kier molecular flexibility index (Phi) is 3.98. The Morgan fingerprint density at radius 2 is 2.33 bits per heavy atom. The normalized spacial score (nSPS) is 19.8. The lowest BCUT2D eigenvalue weighted by Crippen LogP contribution is -2.52. The highest BCUT2D eigenvalue weighted by molar-refractivity contribution is 7.14. The number of hydrogen-bond acceptors (Lipinski definition) is 4. The quantitative estimate of drug-likeness (QED) is 0.896. The van der Waals surface area contributed by atoms with Gasteiger partial charge in [0.05, 0.1) is 18.1 Å². The molecule has 2 rings (SSSR count). The van der Waals surface area contributed by atoms with Gasteiger partial charge in [0.15, 0.2) is 6.04 Å². The Labute approximate surface area is 109 Å². The number of aliphatic carboxylic acids is 1. The van der Waals surface area contributed by atoms with Crippen LogP contribution in [0.1, 0.15) is 21.5 Å². The molecule has 98 valence electrons. The van der Waals surface area contributed by atoms with Gasteiger partial charge in [0, 0.05) is 11.4 Å². The molecule has 2 heterocycles. The van der Waals surface area contributed by atoms with Crippen molar-refractivity contribution in [2.24, 2.45) is 0 Å². The molecule has 1 atom stereocenters. The van der Waals surface area contributed by atoms with Gasteiger partial charge in [-0.15, -0.1) is 11.3 Å². The van der Waals surface area contributed by atoms with Crippen LogP contribution in [0.3, 0.4) is 0 Å². The lowest BCUT2D eigenvalue weighted by atomic mass is 10.2. The van der Waals surface area contributed by atoms with Crippen molar-refractivity contribution in [2.45, 2.75) is 19.4 Å². The number of carbonyl (C=O) groups excluding carboxylic acids is 1. The number of carbonyl (C=O) groups is 2. The number of rotatable bonds is 3. The average molecular weight is 269 g/mol. The summed E-state index contributed by atoms with van der Waals surface area (Å²) in [4.78, 5) is 26.5. The van der Waals surface area contributed by atoms with Crippen molar-refractivity contribution in [1.82, 2.24) is 4.90 Å². The van der Waals surface area contributed by atoms with Crippen molar-refractivity contribution >= 4 is 23.2 Å². The summed E-state index contributed by atoms with van der Waals surface area (Å²) in [6.45, 7) is 2.80. The number of amides is 1. The van der Waals surface area contributed by atoms with Gasteiger partial charge >= 0.3 is 5.97 Å². The van der Waals surface area contributed by atoms with Crippen molar-refractivity contribution < 1.29 is 19.4 Å². The van der Waals surface area contributed by atoms with Gasteiger partial charge < -0.3 is 14.7 Å². The summed E-state index contributed by atoms with van der Waals surface area (Å²) in [7, 11) is 0. The van der Waals surface area contributed by atoms with E-state index in [0.29, 0.717) is 18.0 Å². The van der Waals surface area contributed by atoms with Gasteiger partial charge in [-0.05, 0) is 18.6 Å². The monoisotopic (exact) mass is 269 g/mol. The fraction of sp³-hybridized carbons (Fsp3) is 0.500. The first-order valence-corrected chi connectivity index (χ1v) is 6.65. The molecule has 1 N–H and O–H groups in total. The first-order chi connectivity index (χ1) is 8.63. The van der Waals surface area contributed by atoms with Crippen LogP contribution in [-0.2, 0) is 16.0 Å². The van der Waals surface area contributed by atoms with E-state index >= 15 is 0 Å². The number of thiophene rings is 1. The van der Waals surface area contributed by atoms with Crippen LogP contribution < -0.4 is 0 Å². The van der Waals surface area contributed by atoms with Gasteiger partial charge in [0.25, 0.3) is 5.91 Å². The fourth-order valence-corrected chi connectivity index (χ4v) is 2.78. The van der Waals surface area contributed by atoms with Gasteiger partial charge in [-0.3, -0.25) is 4.79 Å². The molecule has 1 amide bonds. The lowest BCUT2D eigenvalue weighted by molar-refractivity contribution is -0.147. The number of aryl methyl sites for hydroxylation is 1. The molecule has 0 aliphatic carbocycles. The zero-order chi connectivity index (χ0) is 13.1. The maximum atomic E-state index is 12.3. The Morgan fingerprint density at radius 1 is 1.56 bits per heavy atom. The average Bonchev–Trinajstić information content (AvgIpc) is 2.86. The highest BCUT2D eigenvalue weighted by Gasteiger charge is 2.33. The molecule has 1 aromatic heterocycles. The van der Waals surface area contributed by atoms with E-state index in [4.69, 9.17) is 9.84 Å². The summed E-state index contributed by atoms with van der Waals surface area (Å²) < 4.78 is 5.11. The smallest absolute Gasteiger partial charge is 0.328 e. The minimum absolute atomic E-state index is 0.0626. The Hall–Kier alpha value is -1.40. The third-order valence-corrected chi connectivity index (χ3v) is 4.11. The van der Waals surface area contributed by atoms with Crippen LogP contribution in [0.2, 0.25) is 0 Å². The van der Waals surface area contributed by atoms with Crippen molar-refractivity contribution in [2.75, 3.05) is 19.8 Å². The number of ether oxygens (including phenoxy) is 1. The minimum Gasteiger partial charge on any atom is -0.480 e. The van der Waals surface area contributed by atoms with Crippen LogP contribution in [0.15, 0.2) is 12.1 Å². The summed E-state index contributed by atoms with van der Waals surface area (Å²) in [5, 5.41) is 9.09. The summed E-state index contributed by atoms with van der Waals surface area (Å²) in [5.74, 6) is -1.23. The molecule has 0 radical (unpaired) electrons. The van der Waals surface area contributed by atoms with E-state index in [1.165, 1.54) is 16.2 Å². The van der Waals surface area contributed by atoms with Gasteiger partial charge in [-0.2, -0.15) is 0 Å². The lowest BCUT2D eigenvalue weighted by Gasteiger charge is -2.32. The predicted molar refractivity (Wildman–Crippen MR) is 67.0 cm³/mol. The zero-order valence-corrected chi connectivity index (χ0v) is 10.9. The molecular weight excluding hydrogens is 254 g/mol. The standard InChI is InChI=1S/C12H15NO4S/c1-2-8-3-4-10(18-8)11(14)13-5-6-17-7-9(13)12(15)16/h3-4,9H,2,5-7H2,1H3,(H,15,16)/t9-/m1/s1. The summed E-state index contributed by atoms with van der Waals surface area (Å²) in [5.41, 5.74) is 0. The molecule has 0 unspecified atom stereocenters. The molecule has 0 bridgehead atoms. The van der Waals surface area contributed by atoms with Crippen LogP contribution in [0.4, 0.5) is 0 Å². The van der Waals surface area contributed by atoms with Crippen LogP contribution in [0.25, 0.3) is 0 Å². The molecule has 5 nitrogen and oxygen atoms in total. The molecule has 1 aliphatic heterocycles. The third-order valence-electron chi connectivity index (χ3n) is 2.90. The highest BCUT2D eigenvalue weighted by Crippen LogP contribution is 2.21. The highest BCUT2D eigenvalue weighted by atomic mass is 32.1. The molecular formula is C12H15NO4S. The summed E-state index contributed by atoms with van der Waals surface area (Å²) in [6.07, 6.45) is 0.878. The van der Waals surface area contributed by atoms with Gasteiger partial charge in [-0.1, -0.05) is 6.92 Å². The minimum atomic E-state index is -1.02. The third kappa shape index (κ3) is 2.54. The number of carboxylic acid groups (broad SMARTS) is 1. The van der Waals surface area contributed by atoms with Crippen LogP contribution in [0.5, 0.6) is 0 Å². The predicted octanol–water partition coefficient (Wildman–Crippen LogP) is 1.24.